The second-order valence-corrected chi connectivity index (χ2v) is 4.89. The Balaban J connectivity index is 1.98. The highest BCUT2D eigenvalue weighted by molar-refractivity contribution is 4.75. The van der Waals surface area contributed by atoms with Crippen LogP contribution in [-0.2, 0) is 14.2 Å². The summed E-state index contributed by atoms with van der Waals surface area (Å²) in [5.41, 5.74) is 0. The van der Waals surface area contributed by atoms with Gasteiger partial charge in [0, 0.05) is 39.3 Å². The smallest absolute Gasteiger partial charge is 0.0826 e. The van der Waals surface area contributed by atoms with Crippen LogP contribution in [0.2, 0.25) is 0 Å². The molecular formula is C13H28N2O3. The molecule has 0 amide bonds. The van der Waals surface area contributed by atoms with Crippen molar-refractivity contribution in [2.75, 3.05) is 59.7 Å². The van der Waals surface area contributed by atoms with E-state index in [4.69, 9.17) is 14.2 Å². The van der Waals surface area contributed by atoms with Crippen molar-refractivity contribution in [3.05, 3.63) is 0 Å². The molecule has 0 aromatic heterocycles. The van der Waals surface area contributed by atoms with Crippen LogP contribution >= 0.6 is 0 Å². The van der Waals surface area contributed by atoms with Crippen LogP contribution in [0.25, 0.3) is 0 Å². The van der Waals surface area contributed by atoms with Crippen LogP contribution in [-0.4, -0.2) is 76.8 Å². The molecular weight excluding hydrogens is 232 g/mol. The molecule has 1 fully saturated rings. The van der Waals surface area contributed by atoms with Gasteiger partial charge in [0.05, 0.1) is 32.5 Å². The van der Waals surface area contributed by atoms with E-state index < -0.39 is 0 Å². The summed E-state index contributed by atoms with van der Waals surface area (Å²) in [6, 6.07) is 0.605. The maximum atomic E-state index is 5.74. The lowest BCUT2D eigenvalue weighted by molar-refractivity contribution is -0.0377. The molecule has 0 radical (unpaired) electrons. The van der Waals surface area contributed by atoms with Gasteiger partial charge in [0.25, 0.3) is 0 Å². The summed E-state index contributed by atoms with van der Waals surface area (Å²) in [5, 5.41) is 3.37. The van der Waals surface area contributed by atoms with Crippen LogP contribution in [0, 0.1) is 0 Å². The van der Waals surface area contributed by atoms with Gasteiger partial charge in [-0.15, -0.1) is 0 Å². The first-order chi connectivity index (χ1) is 8.74. The minimum atomic E-state index is 0.306. The van der Waals surface area contributed by atoms with E-state index in [-0.39, 0.29) is 0 Å². The molecule has 18 heavy (non-hydrogen) atoms. The van der Waals surface area contributed by atoms with Gasteiger partial charge in [0.15, 0.2) is 0 Å². The first-order valence-corrected chi connectivity index (χ1v) is 6.87. The summed E-state index contributed by atoms with van der Waals surface area (Å²) in [5.74, 6) is 0. The zero-order chi connectivity index (χ0) is 13.2. The molecule has 1 saturated heterocycles. The van der Waals surface area contributed by atoms with Crippen LogP contribution in [0.3, 0.4) is 0 Å². The molecule has 0 aliphatic carbocycles. The third-order valence-electron chi connectivity index (χ3n) is 3.13. The molecule has 1 aliphatic rings. The van der Waals surface area contributed by atoms with Gasteiger partial charge in [-0.2, -0.15) is 0 Å². The van der Waals surface area contributed by atoms with Crippen molar-refractivity contribution in [3.8, 4) is 0 Å². The SMILES string of the molecule is COCCOCCNCC1CN(C(C)C)CCO1. The second-order valence-electron chi connectivity index (χ2n) is 4.89. The van der Waals surface area contributed by atoms with Crippen LogP contribution in [0.1, 0.15) is 13.8 Å². The topological polar surface area (TPSA) is 43.0 Å². The second kappa shape index (κ2) is 9.69. The molecule has 0 saturated carbocycles. The highest BCUT2D eigenvalue weighted by atomic mass is 16.5. The van der Waals surface area contributed by atoms with Crippen molar-refractivity contribution in [3.63, 3.8) is 0 Å². The molecule has 0 spiro atoms. The minimum absolute atomic E-state index is 0.306. The van der Waals surface area contributed by atoms with E-state index in [1.165, 1.54) is 0 Å². The maximum Gasteiger partial charge on any atom is 0.0826 e. The molecule has 1 atom stereocenters. The molecule has 0 aromatic rings. The average Bonchev–Trinajstić information content (AvgIpc) is 2.38. The molecule has 5 heteroatoms. The van der Waals surface area contributed by atoms with Crippen molar-refractivity contribution in [2.24, 2.45) is 0 Å². The summed E-state index contributed by atoms with van der Waals surface area (Å²) in [6.45, 7) is 11.2. The van der Waals surface area contributed by atoms with E-state index in [0.717, 1.165) is 39.4 Å². The third kappa shape index (κ3) is 6.66. The van der Waals surface area contributed by atoms with Crippen LogP contribution in [0.5, 0.6) is 0 Å². The number of methoxy groups -OCH3 is 1. The van der Waals surface area contributed by atoms with Gasteiger partial charge in [-0.25, -0.2) is 0 Å². The maximum absolute atomic E-state index is 5.74. The predicted molar refractivity (Wildman–Crippen MR) is 72.0 cm³/mol. The fourth-order valence-electron chi connectivity index (χ4n) is 1.99. The van der Waals surface area contributed by atoms with E-state index in [1.54, 1.807) is 7.11 Å². The Morgan fingerprint density at radius 1 is 1.33 bits per heavy atom. The Kier molecular flexibility index (Phi) is 8.54. The average molecular weight is 260 g/mol. The Morgan fingerprint density at radius 3 is 2.89 bits per heavy atom. The number of rotatable bonds is 9. The van der Waals surface area contributed by atoms with Crippen LogP contribution in [0.15, 0.2) is 0 Å². The van der Waals surface area contributed by atoms with Gasteiger partial charge in [0.2, 0.25) is 0 Å². The highest BCUT2D eigenvalue weighted by Crippen LogP contribution is 2.07. The molecule has 1 N–H and O–H groups in total. The van der Waals surface area contributed by atoms with Crippen molar-refractivity contribution in [1.82, 2.24) is 10.2 Å². The van der Waals surface area contributed by atoms with E-state index in [0.29, 0.717) is 25.4 Å². The van der Waals surface area contributed by atoms with Gasteiger partial charge in [-0.05, 0) is 13.8 Å². The Hall–Kier alpha value is -0.200. The van der Waals surface area contributed by atoms with E-state index >= 15 is 0 Å². The molecule has 5 nitrogen and oxygen atoms in total. The summed E-state index contributed by atoms with van der Waals surface area (Å²) >= 11 is 0. The highest BCUT2D eigenvalue weighted by Gasteiger charge is 2.21. The third-order valence-corrected chi connectivity index (χ3v) is 3.13. The van der Waals surface area contributed by atoms with Crippen molar-refractivity contribution >= 4 is 0 Å². The van der Waals surface area contributed by atoms with Crippen molar-refractivity contribution in [2.45, 2.75) is 26.0 Å². The lowest BCUT2D eigenvalue weighted by atomic mass is 10.2. The normalized spacial score (nSPS) is 21.7. The predicted octanol–water partition coefficient (Wildman–Crippen LogP) is 0.348. The van der Waals surface area contributed by atoms with Crippen LogP contribution < -0.4 is 5.32 Å². The Labute approximate surface area is 111 Å². The fraction of sp³-hybridized carbons (Fsp3) is 1.00. The summed E-state index contributed by atoms with van der Waals surface area (Å²) in [6.07, 6.45) is 0.306. The molecule has 1 unspecified atom stereocenters. The van der Waals surface area contributed by atoms with Gasteiger partial charge >= 0.3 is 0 Å². The van der Waals surface area contributed by atoms with E-state index in [1.807, 2.05) is 0 Å². The molecule has 108 valence electrons. The van der Waals surface area contributed by atoms with Gasteiger partial charge in [-0.3, -0.25) is 4.90 Å². The largest absolute Gasteiger partial charge is 0.382 e. The standard InChI is InChI=1S/C13H28N2O3/c1-12(2)15-5-7-18-13(11-15)10-14-4-6-17-9-8-16-3/h12-14H,4-11H2,1-3H3. The van der Waals surface area contributed by atoms with Gasteiger partial charge in [-0.1, -0.05) is 0 Å². The summed E-state index contributed by atoms with van der Waals surface area (Å²) in [4.78, 5) is 2.46. The number of hydrogen-bond acceptors (Lipinski definition) is 5. The van der Waals surface area contributed by atoms with Gasteiger partial charge in [0.1, 0.15) is 0 Å². The zero-order valence-electron chi connectivity index (χ0n) is 12.0. The van der Waals surface area contributed by atoms with E-state index in [2.05, 4.69) is 24.1 Å². The van der Waals surface area contributed by atoms with Gasteiger partial charge < -0.3 is 19.5 Å². The first kappa shape index (κ1) is 15.9. The molecule has 1 rings (SSSR count). The fourth-order valence-corrected chi connectivity index (χ4v) is 1.99. The number of nitrogens with one attached hydrogen (secondary N) is 1. The molecule has 1 aliphatic heterocycles. The quantitative estimate of drug-likeness (QED) is 0.606. The van der Waals surface area contributed by atoms with Crippen molar-refractivity contribution in [1.29, 1.82) is 0 Å². The molecule has 1 heterocycles. The monoisotopic (exact) mass is 260 g/mol. The lowest BCUT2D eigenvalue weighted by Crippen LogP contribution is -2.49. The number of morpholine rings is 1. The zero-order valence-corrected chi connectivity index (χ0v) is 12.0. The number of ether oxygens (including phenoxy) is 3. The lowest BCUT2D eigenvalue weighted by Gasteiger charge is -2.35. The number of nitrogens with zero attached hydrogens (tertiary/aromatic N) is 1. The summed E-state index contributed by atoms with van der Waals surface area (Å²) in [7, 11) is 1.68. The number of hydrogen-bond donors (Lipinski definition) is 1. The summed E-state index contributed by atoms with van der Waals surface area (Å²) < 4.78 is 16.0. The Bertz CT molecular complexity index is 203. The molecule has 0 bridgehead atoms. The molecule has 0 aromatic carbocycles. The van der Waals surface area contributed by atoms with E-state index in [9.17, 15) is 0 Å². The Morgan fingerprint density at radius 2 is 2.17 bits per heavy atom. The van der Waals surface area contributed by atoms with Crippen LogP contribution in [0.4, 0.5) is 0 Å². The minimum Gasteiger partial charge on any atom is -0.382 e. The van der Waals surface area contributed by atoms with Crippen molar-refractivity contribution < 1.29 is 14.2 Å². The first-order valence-electron chi connectivity index (χ1n) is 6.87.